The van der Waals surface area contributed by atoms with E-state index in [9.17, 15) is 24.6 Å². The molecule has 0 spiro atoms. The number of nitrogens with zero attached hydrogens (tertiary/aromatic N) is 1. The van der Waals surface area contributed by atoms with Crippen LogP contribution in [0.4, 0.5) is 4.79 Å². The van der Waals surface area contributed by atoms with E-state index in [1.54, 1.807) is 113 Å². The second-order valence-electron chi connectivity index (χ2n) is 21.1. The molecule has 15 heteroatoms. The summed E-state index contributed by atoms with van der Waals surface area (Å²) in [5.74, 6) is -4.16. The van der Waals surface area contributed by atoms with E-state index in [2.05, 4.69) is 0 Å². The van der Waals surface area contributed by atoms with Crippen molar-refractivity contribution in [3.63, 3.8) is 0 Å². The topological polar surface area (TPSA) is 194 Å². The molecule has 3 aliphatic carbocycles. The molecule has 70 heavy (non-hydrogen) atoms. The third-order valence-electron chi connectivity index (χ3n) is 15.8. The first kappa shape index (κ1) is 50.7. The molecule has 12 atom stereocenters. The number of hydrogen-bond donors (Lipinski definition) is 2. The molecule has 5 aliphatic rings. The number of phenols is 1. The highest BCUT2D eigenvalue weighted by molar-refractivity contribution is 6.04. The number of ether oxygens (including phenoxy) is 7. The van der Waals surface area contributed by atoms with E-state index < -0.39 is 100 Å². The summed E-state index contributed by atoms with van der Waals surface area (Å²) in [6.07, 6.45) is -4.19. The van der Waals surface area contributed by atoms with Gasteiger partial charge in [-0.1, -0.05) is 92.7 Å². The van der Waals surface area contributed by atoms with Crippen LogP contribution in [0, 0.1) is 28.1 Å². The minimum Gasteiger partial charge on any atom is -0.508 e. The average Bonchev–Trinajstić information content (AvgIpc) is 3.72. The summed E-state index contributed by atoms with van der Waals surface area (Å²) in [6, 6.07) is 22.5. The predicted octanol–water partition coefficient (Wildman–Crippen LogP) is 7.80. The molecule has 2 heterocycles. The summed E-state index contributed by atoms with van der Waals surface area (Å²) >= 11 is 0. The molecule has 2 aliphatic heterocycles. The third kappa shape index (κ3) is 8.46. The maximum absolute atomic E-state index is 15.9. The van der Waals surface area contributed by atoms with Crippen LogP contribution in [0.1, 0.15) is 102 Å². The number of phenolic OH excluding ortho intramolecular Hbond substituents is 1. The van der Waals surface area contributed by atoms with Crippen LogP contribution in [0.3, 0.4) is 0 Å². The normalized spacial score (nSPS) is 33.6. The van der Waals surface area contributed by atoms with Crippen molar-refractivity contribution in [2.75, 3.05) is 27.4 Å². The van der Waals surface area contributed by atoms with E-state index in [1.807, 2.05) is 13.8 Å². The second-order valence-corrected chi connectivity index (χ2v) is 21.1. The van der Waals surface area contributed by atoms with Gasteiger partial charge in [-0.25, -0.2) is 9.59 Å². The first-order chi connectivity index (χ1) is 33.0. The maximum atomic E-state index is 15.9. The van der Waals surface area contributed by atoms with Crippen LogP contribution in [0.2, 0.25) is 0 Å². The van der Waals surface area contributed by atoms with Crippen LogP contribution in [0.5, 0.6) is 5.75 Å². The lowest BCUT2D eigenvalue weighted by atomic mass is 9.40. The molecule has 3 aromatic carbocycles. The van der Waals surface area contributed by atoms with Gasteiger partial charge in [-0.3, -0.25) is 19.3 Å². The number of amides is 1. The van der Waals surface area contributed by atoms with Crippen molar-refractivity contribution in [1.29, 1.82) is 0 Å². The highest BCUT2D eigenvalue weighted by Crippen LogP contribution is 2.68. The van der Waals surface area contributed by atoms with Gasteiger partial charge < -0.3 is 43.4 Å². The molecule has 1 amide bonds. The summed E-state index contributed by atoms with van der Waals surface area (Å²) in [5, 5.41) is 24.4. The minimum atomic E-state index is -1.95. The molecule has 4 fully saturated rings. The van der Waals surface area contributed by atoms with Crippen LogP contribution in [-0.4, -0.2) is 114 Å². The number of ketones is 2. The lowest BCUT2D eigenvalue weighted by Crippen LogP contribution is -2.77. The summed E-state index contributed by atoms with van der Waals surface area (Å²) in [7, 11) is 2.94. The molecule has 12 unspecified atom stereocenters. The Morgan fingerprint density at radius 2 is 1.54 bits per heavy atom. The standard InChI is InChI=1S/C55H65NO14/c1-31-39(68-49(61)45-43(34-19-15-12-16-20-34)56(50(62)70-51(3,4)5)48(69-45)35-21-23-36(58)24-22-35)28-55(63)37(25-26-38(59)33-17-13-11-14-18-33)46-53(8,47(60)44(65-10)42(31)52(55,6)7)40(64-9)27-41-54(46,30-67-41)29-66-32(2)57/h11-26,37,39-41,43-46,48,58,63H,27-30H2,1-10H3. The molecule has 374 valence electrons. The van der Waals surface area contributed by atoms with E-state index in [0.29, 0.717) is 27.8 Å². The van der Waals surface area contributed by atoms with Crippen molar-refractivity contribution in [3.05, 3.63) is 125 Å². The number of rotatable bonds is 11. The SMILES string of the molecule is COC1C(=O)C2(C)C(OC)CC3OCC3(COC(C)=O)C2C(C=CC(=O)c2ccccc2)C2(O)CC(OC(=O)C3OC(c4ccc(O)cc4)N(C(=O)OC(C)(C)C)C3c3ccccc3)C(C)=C1C2(C)C. The van der Waals surface area contributed by atoms with Crippen LogP contribution in [-0.2, 0) is 47.5 Å². The average molecular weight is 964 g/mol. The number of aromatic hydroxyl groups is 1. The van der Waals surface area contributed by atoms with Gasteiger partial charge in [-0.05, 0) is 75.5 Å². The van der Waals surface area contributed by atoms with Crippen molar-refractivity contribution in [2.24, 2.45) is 28.1 Å². The quantitative estimate of drug-likeness (QED) is 0.0622. The number of carbonyl (C=O) groups excluding carboxylic acids is 5. The Labute approximate surface area is 409 Å². The van der Waals surface area contributed by atoms with Gasteiger partial charge in [0.25, 0.3) is 0 Å². The zero-order chi connectivity index (χ0) is 50.7. The molecule has 2 bridgehead atoms. The maximum Gasteiger partial charge on any atom is 0.413 e. The zero-order valence-corrected chi connectivity index (χ0v) is 41.5. The van der Waals surface area contributed by atoms with E-state index in [0.717, 1.165) is 0 Å². The number of carbonyl (C=O) groups is 5. The Balaban J connectivity index is 1.30. The van der Waals surface area contributed by atoms with Crippen LogP contribution in [0.25, 0.3) is 0 Å². The zero-order valence-electron chi connectivity index (χ0n) is 41.5. The molecule has 8 rings (SSSR count). The highest BCUT2D eigenvalue weighted by Gasteiger charge is 2.75. The van der Waals surface area contributed by atoms with Crippen molar-refractivity contribution in [2.45, 2.75) is 122 Å². The molecular formula is C55H65NO14. The third-order valence-corrected chi connectivity index (χ3v) is 15.8. The highest BCUT2D eigenvalue weighted by atomic mass is 16.6. The van der Waals surface area contributed by atoms with Gasteiger partial charge in [-0.2, -0.15) is 0 Å². The van der Waals surface area contributed by atoms with Crippen molar-refractivity contribution in [3.8, 4) is 5.75 Å². The van der Waals surface area contributed by atoms with Crippen LogP contribution < -0.4 is 0 Å². The second kappa shape index (κ2) is 18.8. The fourth-order valence-corrected chi connectivity index (χ4v) is 12.3. The molecule has 2 saturated heterocycles. The minimum absolute atomic E-state index is 0.0190. The molecule has 3 aromatic rings. The smallest absolute Gasteiger partial charge is 0.413 e. The fraction of sp³-hybridized carbons (Fsp3) is 0.509. The Kier molecular flexibility index (Phi) is 13.6. The predicted molar refractivity (Wildman–Crippen MR) is 254 cm³/mol. The monoisotopic (exact) mass is 963 g/mol. The molecule has 0 radical (unpaired) electrons. The molecule has 0 aromatic heterocycles. The van der Waals surface area contributed by atoms with Gasteiger partial charge in [0, 0.05) is 56.4 Å². The largest absolute Gasteiger partial charge is 0.508 e. The number of aliphatic hydroxyl groups is 1. The lowest BCUT2D eigenvalue weighted by molar-refractivity contribution is -0.317. The fourth-order valence-electron chi connectivity index (χ4n) is 12.3. The lowest BCUT2D eigenvalue weighted by Gasteiger charge is -2.69. The number of esters is 2. The number of Topliss-reactive ketones (excluding diaryl/α,β-unsaturated/α-hetero) is 1. The van der Waals surface area contributed by atoms with Gasteiger partial charge in [0.05, 0.1) is 35.2 Å². The summed E-state index contributed by atoms with van der Waals surface area (Å²) < 4.78 is 43.8. The van der Waals surface area contributed by atoms with Gasteiger partial charge in [-0.15, -0.1) is 0 Å². The number of benzene rings is 3. The first-order valence-electron chi connectivity index (χ1n) is 23.8. The van der Waals surface area contributed by atoms with E-state index >= 15 is 9.59 Å². The Morgan fingerprint density at radius 1 is 0.900 bits per heavy atom. The molecular weight excluding hydrogens is 899 g/mol. The van der Waals surface area contributed by atoms with Gasteiger partial charge in [0.2, 0.25) is 0 Å². The van der Waals surface area contributed by atoms with Crippen LogP contribution >= 0.6 is 0 Å². The molecule has 2 saturated carbocycles. The van der Waals surface area contributed by atoms with Crippen LogP contribution in [0.15, 0.2) is 108 Å². The number of allylic oxidation sites excluding steroid dienone is 1. The van der Waals surface area contributed by atoms with E-state index in [-0.39, 0.29) is 43.4 Å². The van der Waals surface area contributed by atoms with Gasteiger partial charge in [0.1, 0.15) is 36.2 Å². The summed E-state index contributed by atoms with van der Waals surface area (Å²) in [4.78, 5) is 73.7. The van der Waals surface area contributed by atoms with Crippen molar-refractivity contribution in [1.82, 2.24) is 4.90 Å². The van der Waals surface area contributed by atoms with Crippen molar-refractivity contribution >= 4 is 29.6 Å². The number of fused-ring (bicyclic) bond motifs is 5. The Morgan fingerprint density at radius 3 is 2.11 bits per heavy atom. The number of methoxy groups -OCH3 is 2. The molecule has 15 nitrogen and oxygen atoms in total. The van der Waals surface area contributed by atoms with Crippen molar-refractivity contribution < 1.29 is 67.3 Å². The number of hydrogen-bond acceptors (Lipinski definition) is 14. The molecule has 2 N–H and O–H groups in total. The van der Waals surface area contributed by atoms with Gasteiger partial charge >= 0.3 is 18.0 Å². The first-order valence-corrected chi connectivity index (χ1v) is 23.8. The van der Waals surface area contributed by atoms with E-state index in [1.165, 1.54) is 44.3 Å². The Bertz CT molecular complexity index is 2550. The van der Waals surface area contributed by atoms with E-state index in [4.69, 9.17) is 33.2 Å². The summed E-state index contributed by atoms with van der Waals surface area (Å²) in [6.45, 7) is 13.6. The van der Waals surface area contributed by atoms with Gasteiger partial charge in [0.15, 0.2) is 23.9 Å². The Hall–Kier alpha value is -5.71. The summed E-state index contributed by atoms with van der Waals surface area (Å²) in [5.41, 5.74) is -4.48.